The van der Waals surface area contributed by atoms with Crippen LogP contribution >= 0.6 is 15.9 Å². The fraction of sp³-hybridized carbons (Fsp3) is 0.154. The van der Waals surface area contributed by atoms with Crippen molar-refractivity contribution in [1.82, 2.24) is 9.55 Å². The van der Waals surface area contributed by atoms with Crippen LogP contribution in [0, 0.1) is 0 Å². The molecule has 110 valence electrons. The Morgan fingerprint density at radius 2 is 1.95 bits per heavy atom. The molecule has 0 atom stereocenters. The number of aromatic nitrogens is 2. The Kier molecular flexibility index (Phi) is 4.27. The van der Waals surface area contributed by atoms with E-state index in [1.54, 1.807) is 31.3 Å². The number of nitrogen functional groups attached to an aromatic ring is 1. The highest BCUT2D eigenvalue weighted by atomic mass is 79.9. The molecule has 0 unspecified atom stereocenters. The number of carbonyl (C=O) groups excluding carboxylic acids is 1. The molecule has 0 saturated carbocycles. The van der Waals surface area contributed by atoms with Crippen LogP contribution in [0.2, 0.25) is 0 Å². The Balaban J connectivity index is 2.22. The van der Waals surface area contributed by atoms with E-state index in [1.807, 2.05) is 0 Å². The summed E-state index contributed by atoms with van der Waals surface area (Å²) in [5.41, 5.74) is 5.68. The van der Waals surface area contributed by atoms with Gasteiger partial charge in [0.15, 0.2) is 0 Å². The summed E-state index contributed by atoms with van der Waals surface area (Å²) in [7, 11) is 1.60. The van der Waals surface area contributed by atoms with Crippen LogP contribution in [0.4, 0.5) is 11.4 Å². The number of benzene rings is 1. The highest BCUT2D eigenvalue weighted by Crippen LogP contribution is 2.15. The summed E-state index contributed by atoms with van der Waals surface area (Å²) in [6, 6.07) is 6.78. The molecule has 2 rings (SSSR count). The molecule has 0 aliphatic rings. The summed E-state index contributed by atoms with van der Waals surface area (Å²) in [4.78, 5) is 38.6. The number of hydrogen-bond donors (Lipinski definition) is 2. The molecule has 8 heteroatoms. The summed E-state index contributed by atoms with van der Waals surface area (Å²) in [5, 5.41) is 0. The lowest BCUT2D eigenvalue weighted by Gasteiger charge is -2.18. The molecule has 0 saturated heterocycles. The zero-order chi connectivity index (χ0) is 15.6. The largest absolute Gasteiger partial charge is 0.399 e. The van der Waals surface area contributed by atoms with Crippen LogP contribution in [0.15, 0.2) is 44.5 Å². The van der Waals surface area contributed by atoms with Crippen molar-refractivity contribution >= 4 is 33.2 Å². The van der Waals surface area contributed by atoms with Crippen molar-refractivity contribution in [3.05, 3.63) is 55.8 Å². The van der Waals surface area contributed by atoms with Crippen molar-refractivity contribution in [3.63, 3.8) is 0 Å². The summed E-state index contributed by atoms with van der Waals surface area (Å²) in [6.07, 6.45) is 1.29. The monoisotopic (exact) mass is 352 g/mol. The number of halogens is 1. The van der Waals surface area contributed by atoms with Gasteiger partial charge in [0.1, 0.15) is 6.54 Å². The van der Waals surface area contributed by atoms with Crippen LogP contribution in [-0.2, 0) is 11.3 Å². The molecule has 21 heavy (non-hydrogen) atoms. The molecule has 0 fully saturated rings. The van der Waals surface area contributed by atoms with E-state index < -0.39 is 11.2 Å². The molecule has 0 aliphatic carbocycles. The smallest absolute Gasteiger partial charge is 0.328 e. The van der Waals surface area contributed by atoms with Crippen LogP contribution in [0.25, 0.3) is 0 Å². The average molecular weight is 353 g/mol. The number of nitrogens with two attached hydrogens (primary N) is 1. The third kappa shape index (κ3) is 3.40. The Bertz CT molecular complexity index is 779. The molecule has 1 aromatic heterocycles. The zero-order valence-corrected chi connectivity index (χ0v) is 12.8. The molecule has 1 heterocycles. The highest BCUT2D eigenvalue weighted by molar-refractivity contribution is 9.10. The van der Waals surface area contributed by atoms with Crippen LogP contribution in [0.1, 0.15) is 0 Å². The van der Waals surface area contributed by atoms with Gasteiger partial charge in [-0.3, -0.25) is 19.1 Å². The summed E-state index contributed by atoms with van der Waals surface area (Å²) in [6.45, 7) is -0.185. The average Bonchev–Trinajstić information content (AvgIpc) is 2.44. The lowest BCUT2D eigenvalue weighted by atomic mass is 10.2. The Labute approximate surface area is 128 Å². The van der Waals surface area contributed by atoms with Gasteiger partial charge in [0, 0.05) is 24.6 Å². The number of amides is 1. The lowest BCUT2D eigenvalue weighted by Crippen LogP contribution is -2.36. The summed E-state index contributed by atoms with van der Waals surface area (Å²) >= 11 is 3.02. The SMILES string of the molecule is CN(C(=O)Cn1cc(Br)c(=O)[nH]c1=O)c1ccc(N)cc1. The topological polar surface area (TPSA) is 101 Å². The minimum Gasteiger partial charge on any atom is -0.399 e. The first-order valence-corrected chi connectivity index (χ1v) is 6.79. The molecule has 0 spiro atoms. The number of nitrogens with one attached hydrogen (secondary N) is 1. The second kappa shape index (κ2) is 5.96. The molecular formula is C13H13BrN4O3. The Morgan fingerprint density at radius 3 is 2.57 bits per heavy atom. The molecule has 0 bridgehead atoms. The van der Waals surface area contributed by atoms with E-state index in [9.17, 15) is 14.4 Å². The number of anilines is 2. The van der Waals surface area contributed by atoms with Crippen LogP contribution in [0.3, 0.4) is 0 Å². The Morgan fingerprint density at radius 1 is 1.33 bits per heavy atom. The van der Waals surface area contributed by atoms with Gasteiger partial charge in [-0.05, 0) is 40.2 Å². The van der Waals surface area contributed by atoms with Gasteiger partial charge >= 0.3 is 5.69 Å². The predicted octanol–water partition coefficient (Wildman–Crippen LogP) is 0.544. The first kappa shape index (κ1) is 15.0. The number of H-pyrrole nitrogens is 1. The zero-order valence-electron chi connectivity index (χ0n) is 11.2. The molecule has 3 N–H and O–H groups in total. The maximum Gasteiger partial charge on any atom is 0.328 e. The van der Waals surface area contributed by atoms with Gasteiger partial charge in [0.2, 0.25) is 5.91 Å². The van der Waals surface area contributed by atoms with Gasteiger partial charge in [-0.15, -0.1) is 0 Å². The van der Waals surface area contributed by atoms with Gasteiger partial charge in [-0.2, -0.15) is 0 Å². The molecule has 1 aromatic carbocycles. The van der Waals surface area contributed by atoms with Crippen molar-refractivity contribution in [2.75, 3.05) is 17.7 Å². The minimum atomic E-state index is -0.637. The third-order valence-electron chi connectivity index (χ3n) is 2.93. The quantitative estimate of drug-likeness (QED) is 0.787. The standard InChI is InChI=1S/C13H13BrN4O3/c1-17(9-4-2-8(15)3-5-9)11(19)7-18-6-10(14)12(20)16-13(18)21/h2-6H,7,15H2,1H3,(H,16,20,21). The van der Waals surface area contributed by atoms with Crippen molar-refractivity contribution in [2.24, 2.45) is 0 Å². The third-order valence-corrected chi connectivity index (χ3v) is 3.49. The molecule has 1 amide bonds. The minimum absolute atomic E-state index is 0.185. The lowest BCUT2D eigenvalue weighted by molar-refractivity contribution is -0.118. The fourth-order valence-corrected chi connectivity index (χ4v) is 2.04. The maximum absolute atomic E-state index is 12.2. The molecule has 2 aromatic rings. The van der Waals surface area contributed by atoms with Gasteiger partial charge in [0.25, 0.3) is 5.56 Å². The van der Waals surface area contributed by atoms with Gasteiger partial charge < -0.3 is 10.6 Å². The molecule has 0 radical (unpaired) electrons. The number of carbonyl (C=O) groups is 1. The second-order valence-corrected chi connectivity index (χ2v) is 5.26. The number of rotatable bonds is 3. The van der Waals surface area contributed by atoms with Gasteiger partial charge in [-0.25, -0.2) is 4.79 Å². The molecular weight excluding hydrogens is 340 g/mol. The fourth-order valence-electron chi connectivity index (χ4n) is 1.69. The maximum atomic E-state index is 12.2. The van der Waals surface area contributed by atoms with Crippen molar-refractivity contribution < 1.29 is 4.79 Å². The van der Waals surface area contributed by atoms with E-state index in [1.165, 1.54) is 11.1 Å². The number of likely N-dealkylation sites (N-methyl/N-ethyl adjacent to an activating group) is 1. The van der Waals surface area contributed by atoms with Crippen molar-refractivity contribution in [2.45, 2.75) is 6.54 Å². The van der Waals surface area contributed by atoms with E-state index in [4.69, 9.17) is 5.73 Å². The van der Waals surface area contributed by atoms with Crippen LogP contribution < -0.4 is 21.9 Å². The molecule has 0 aliphatic heterocycles. The van der Waals surface area contributed by atoms with E-state index in [2.05, 4.69) is 20.9 Å². The number of aromatic amines is 1. The second-order valence-electron chi connectivity index (χ2n) is 4.41. The normalized spacial score (nSPS) is 10.4. The first-order valence-electron chi connectivity index (χ1n) is 6.00. The van der Waals surface area contributed by atoms with E-state index >= 15 is 0 Å². The summed E-state index contributed by atoms with van der Waals surface area (Å²) in [5.74, 6) is -0.305. The van der Waals surface area contributed by atoms with Gasteiger partial charge in [0.05, 0.1) is 4.47 Å². The number of nitrogens with zero attached hydrogens (tertiary/aromatic N) is 2. The number of hydrogen-bond acceptors (Lipinski definition) is 4. The summed E-state index contributed by atoms with van der Waals surface area (Å²) < 4.78 is 1.31. The first-order chi connectivity index (χ1) is 9.88. The molecule has 7 nitrogen and oxygen atoms in total. The van der Waals surface area contributed by atoms with Gasteiger partial charge in [-0.1, -0.05) is 0 Å². The highest BCUT2D eigenvalue weighted by Gasteiger charge is 2.13. The van der Waals surface area contributed by atoms with Crippen LogP contribution in [-0.4, -0.2) is 22.5 Å². The van der Waals surface area contributed by atoms with Crippen LogP contribution in [0.5, 0.6) is 0 Å². The van der Waals surface area contributed by atoms with E-state index in [0.717, 1.165) is 4.57 Å². The Hall–Kier alpha value is -2.35. The van der Waals surface area contributed by atoms with E-state index in [0.29, 0.717) is 11.4 Å². The van der Waals surface area contributed by atoms with Crippen molar-refractivity contribution in [1.29, 1.82) is 0 Å². The van der Waals surface area contributed by atoms with E-state index in [-0.39, 0.29) is 16.9 Å². The predicted molar refractivity (Wildman–Crippen MR) is 83.3 cm³/mol. The van der Waals surface area contributed by atoms with Crippen molar-refractivity contribution in [3.8, 4) is 0 Å².